The van der Waals surface area contributed by atoms with Crippen LogP contribution in [0.15, 0.2) is 18.2 Å². The maximum Gasteiger partial charge on any atom is 0.0376 e. The Labute approximate surface area is 130 Å². The first-order valence-electron chi connectivity index (χ1n) is 8.65. The number of benzene rings is 1. The van der Waals surface area contributed by atoms with Crippen molar-refractivity contribution in [3.05, 3.63) is 29.3 Å². The zero-order valence-electron chi connectivity index (χ0n) is 14.4. The first kappa shape index (κ1) is 14.9. The number of hydrogen-bond donors (Lipinski definition) is 1. The third kappa shape index (κ3) is 2.98. The number of rotatable bonds is 1. The lowest BCUT2D eigenvalue weighted by Gasteiger charge is -2.37. The molecule has 1 saturated carbocycles. The maximum absolute atomic E-state index is 3.65. The monoisotopic (exact) mass is 285 g/mol. The fourth-order valence-electron chi connectivity index (χ4n) is 4.07. The van der Waals surface area contributed by atoms with Gasteiger partial charge in [0.05, 0.1) is 0 Å². The van der Waals surface area contributed by atoms with Gasteiger partial charge < -0.3 is 5.32 Å². The van der Waals surface area contributed by atoms with Crippen molar-refractivity contribution in [1.29, 1.82) is 0 Å². The molecule has 1 aliphatic heterocycles. The lowest BCUT2D eigenvalue weighted by molar-refractivity contribution is 0.176. The zero-order valence-corrected chi connectivity index (χ0v) is 14.4. The molecule has 2 aliphatic rings. The van der Waals surface area contributed by atoms with Gasteiger partial charge in [-0.25, -0.2) is 0 Å². The molecule has 1 N–H and O–H groups in total. The van der Waals surface area contributed by atoms with E-state index in [0.29, 0.717) is 5.41 Å². The Kier molecular flexibility index (Phi) is 3.58. The first-order valence-corrected chi connectivity index (χ1v) is 8.65. The second kappa shape index (κ2) is 5.04. The van der Waals surface area contributed by atoms with Gasteiger partial charge in [0.1, 0.15) is 0 Å². The summed E-state index contributed by atoms with van der Waals surface area (Å²) in [5.74, 6) is 1.61. The average Bonchev–Trinajstić information content (AvgIpc) is 2.81. The number of fused-ring (bicyclic) bond motifs is 1. The van der Waals surface area contributed by atoms with E-state index in [1.165, 1.54) is 36.9 Å². The molecule has 1 fully saturated rings. The molecular formula is C20H31N. The van der Waals surface area contributed by atoms with Crippen LogP contribution in [0.1, 0.15) is 77.3 Å². The standard InChI is InChI=1S/C20H31N/c1-19(2,3)15-6-7-18-16(12-15)17(13-21-18)14-8-10-20(4,5)11-9-14/h6-7,12,14,17,21H,8-11,13H2,1-5H3. The SMILES string of the molecule is CC1(C)CCC(C2CNc3ccc(C(C)(C)C)cc32)CC1. The van der Waals surface area contributed by atoms with E-state index >= 15 is 0 Å². The molecule has 0 aromatic heterocycles. The minimum Gasteiger partial charge on any atom is -0.384 e. The van der Waals surface area contributed by atoms with Crippen LogP contribution >= 0.6 is 0 Å². The molecule has 1 heteroatoms. The molecule has 1 aromatic rings. The highest BCUT2D eigenvalue weighted by Crippen LogP contribution is 2.47. The molecule has 1 unspecified atom stereocenters. The van der Waals surface area contributed by atoms with E-state index < -0.39 is 0 Å². The highest BCUT2D eigenvalue weighted by molar-refractivity contribution is 5.59. The van der Waals surface area contributed by atoms with Crippen LogP contribution in [0.2, 0.25) is 0 Å². The van der Waals surface area contributed by atoms with Crippen LogP contribution in [-0.4, -0.2) is 6.54 Å². The molecule has 1 aliphatic carbocycles. The van der Waals surface area contributed by atoms with Gasteiger partial charge in [-0.3, -0.25) is 0 Å². The zero-order chi connectivity index (χ0) is 15.3. The van der Waals surface area contributed by atoms with Crippen molar-refractivity contribution < 1.29 is 0 Å². The van der Waals surface area contributed by atoms with E-state index in [2.05, 4.69) is 58.1 Å². The summed E-state index contributed by atoms with van der Waals surface area (Å²) >= 11 is 0. The molecule has 3 rings (SSSR count). The molecule has 0 amide bonds. The quantitative estimate of drug-likeness (QED) is 0.697. The number of nitrogens with one attached hydrogen (secondary N) is 1. The van der Waals surface area contributed by atoms with Gasteiger partial charge in [-0.15, -0.1) is 0 Å². The molecule has 1 heterocycles. The Balaban J connectivity index is 1.83. The summed E-state index contributed by atoms with van der Waals surface area (Å²) < 4.78 is 0. The Hall–Kier alpha value is -0.980. The predicted molar refractivity (Wildman–Crippen MR) is 92.1 cm³/mol. The van der Waals surface area contributed by atoms with E-state index in [9.17, 15) is 0 Å². The van der Waals surface area contributed by atoms with Crippen molar-refractivity contribution in [1.82, 2.24) is 0 Å². The minimum absolute atomic E-state index is 0.247. The van der Waals surface area contributed by atoms with E-state index in [-0.39, 0.29) is 5.41 Å². The number of anilines is 1. The maximum atomic E-state index is 3.65. The third-order valence-corrected chi connectivity index (χ3v) is 5.78. The Morgan fingerprint density at radius 2 is 1.76 bits per heavy atom. The van der Waals surface area contributed by atoms with Gasteiger partial charge in [-0.05, 0) is 59.6 Å². The fraction of sp³-hybridized carbons (Fsp3) is 0.700. The molecule has 0 bridgehead atoms. The predicted octanol–water partition coefficient (Wildman–Crippen LogP) is 5.71. The van der Waals surface area contributed by atoms with Crippen molar-refractivity contribution in [3.63, 3.8) is 0 Å². The largest absolute Gasteiger partial charge is 0.384 e. The number of hydrogen-bond acceptors (Lipinski definition) is 1. The highest BCUT2D eigenvalue weighted by Gasteiger charge is 2.35. The Morgan fingerprint density at radius 3 is 2.38 bits per heavy atom. The smallest absolute Gasteiger partial charge is 0.0376 e. The van der Waals surface area contributed by atoms with Gasteiger partial charge >= 0.3 is 0 Å². The summed E-state index contributed by atoms with van der Waals surface area (Å²) in [5, 5.41) is 3.65. The van der Waals surface area contributed by atoms with Crippen LogP contribution in [0.3, 0.4) is 0 Å². The van der Waals surface area contributed by atoms with Crippen molar-refractivity contribution >= 4 is 5.69 Å². The summed E-state index contributed by atoms with van der Waals surface area (Å²) in [6, 6.07) is 7.10. The highest BCUT2D eigenvalue weighted by atomic mass is 14.9. The van der Waals surface area contributed by atoms with E-state index in [0.717, 1.165) is 18.4 Å². The van der Waals surface area contributed by atoms with Gasteiger partial charge in [0.2, 0.25) is 0 Å². The molecule has 116 valence electrons. The summed E-state index contributed by atoms with van der Waals surface area (Å²) in [5.41, 5.74) is 5.27. The first-order chi connectivity index (χ1) is 9.76. The van der Waals surface area contributed by atoms with Crippen molar-refractivity contribution in [2.24, 2.45) is 11.3 Å². The summed E-state index contributed by atoms with van der Waals surface area (Å²) in [7, 11) is 0. The lowest BCUT2D eigenvalue weighted by Crippen LogP contribution is -2.26. The van der Waals surface area contributed by atoms with Crippen LogP contribution in [0.4, 0.5) is 5.69 Å². The molecule has 0 radical (unpaired) electrons. The molecule has 0 saturated heterocycles. The second-order valence-electron chi connectivity index (χ2n) is 9.04. The van der Waals surface area contributed by atoms with Crippen LogP contribution in [-0.2, 0) is 5.41 Å². The normalized spacial score (nSPS) is 25.5. The third-order valence-electron chi connectivity index (χ3n) is 5.78. The van der Waals surface area contributed by atoms with Gasteiger partial charge in [0, 0.05) is 18.2 Å². The van der Waals surface area contributed by atoms with Crippen molar-refractivity contribution in [2.45, 2.75) is 71.6 Å². The summed E-state index contributed by atoms with van der Waals surface area (Å²) in [6.45, 7) is 13.0. The van der Waals surface area contributed by atoms with Gasteiger partial charge in [0.15, 0.2) is 0 Å². The Bertz CT molecular complexity index is 511. The topological polar surface area (TPSA) is 12.0 Å². The lowest BCUT2D eigenvalue weighted by atomic mass is 9.68. The van der Waals surface area contributed by atoms with Gasteiger partial charge in [0.25, 0.3) is 0 Å². The van der Waals surface area contributed by atoms with E-state index in [1.807, 2.05) is 0 Å². The molecule has 1 aromatic carbocycles. The molecular weight excluding hydrogens is 254 g/mol. The van der Waals surface area contributed by atoms with Gasteiger partial charge in [-0.2, -0.15) is 0 Å². The summed E-state index contributed by atoms with van der Waals surface area (Å²) in [6.07, 6.45) is 5.59. The van der Waals surface area contributed by atoms with E-state index in [1.54, 1.807) is 5.56 Å². The van der Waals surface area contributed by atoms with Crippen molar-refractivity contribution in [3.8, 4) is 0 Å². The van der Waals surface area contributed by atoms with Crippen LogP contribution in [0.5, 0.6) is 0 Å². The second-order valence-corrected chi connectivity index (χ2v) is 9.04. The van der Waals surface area contributed by atoms with Crippen LogP contribution in [0, 0.1) is 11.3 Å². The Morgan fingerprint density at radius 1 is 1.10 bits per heavy atom. The van der Waals surface area contributed by atoms with Gasteiger partial charge in [-0.1, -0.05) is 46.8 Å². The van der Waals surface area contributed by atoms with E-state index in [4.69, 9.17) is 0 Å². The van der Waals surface area contributed by atoms with Crippen LogP contribution in [0.25, 0.3) is 0 Å². The minimum atomic E-state index is 0.247. The molecule has 1 nitrogen and oxygen atoms in total. The molecule has 1 atom stereocenters. The summed E-state index contributed by atoms with van der Waals surface area (Å²) in [4.78, 5) is 0. The van der Waals surface area contributed by atoms with Crippen LogP contribution < -0.4 is 5.32 Å². The van der Waals surface area contributed by atoms with Crippen molar-refractivity contribution in [2.75, 3.05) is 11.9 Å². The molecule has 21 heavy (non-hydrogen) atoms. The fourth-order valence-corrected chi connectivity index (χ4v) is 4.07. The molecule has 0 spiro atoms. The average molecular weight is 285 g/mol.